The van der Waals surface area contributed by atoms with Gasteiger partial charge in [0.2, 0.25) is 0 Å². The van der Waals surface area contributed by atoms with Crippen LogP contribution in [0, 0.1) is 17.0 Å². The molecule has 5 nitrogen and oxygen atoms in total. The van der Waals surface area contributed by atoms with Gasteiger partial charge in [0.15, 0.2) is 0 Å². The van der Waals surface area contributed by atoms with Crippen molar-refractivity contribution in [2.75, 3.05) is 7.11 Å². The molecular weight excluding hydrogens is 533 g/mol. The highest BCUT2D eigenvalue weighted by Gasteiger charge is 2.58. The number of hydrogen-bond acceptors (Lipinski definition) is 4. The molecule has 9 heteroatoms. The normalized spacial score (nSPS) is 23.4. The largest absolute Gasteiger partial charge is 0.497 e. The van der Waals surface area contributed by atoms with Crippen LogP contribution in [0.5, 0.6) is 5.75 Å². The number of aliphatic carboxylic acids is 1. The van der Waals surface area contributed by atoms with Crippen molar-refractivity contribution in [3.05, 3.63) is 99.0 Å². The minimum Gasteiger partial charge on any atom is -0.497 e. The molecule has 0 aromatic heterocycles. The highest BCUT2D eigenvalue weighted by molar-refractivity contribution is 6.31. The number of halogens is 4. The maximum atomic E-state index is 15.5. The van der Waals surface area contributed by atoms with E-state index in [1.807, 2.05) is 38.1 Å². The molecule has 4 atom stereocenters. The Labute approximate surface area is 230 Å². The summed E-state index contributed by atoms with van der Waals surface area (Å²) in [7, 11) is 1.60. The molecule has 0 unspecified atom stereocenters. The molecule has 0 bridgehead atoms. The highest BCUT2D eigenvalue weighted by Crippen LogP contribution is 2.50. The number of rotatable bonds is 8. The van der Waals surface area contributed by atoms with Crippen molar-refractivity contribution >= 4 is 29.2 Å². The van der Waals surface area contributed by atoms with Crippen molar-refractivity contribution < 1.29 is 23.4 Å². The second-order valence-electron chi connectivity index (χ2n) is 10.6. The first-order chi connectivity index (χ1) is 17.9. The molecule has 4 rings (SSSR count). The highest BCUT2D eigenvalue weighted by atomic mass is 35.5. The summed E-state index contributed by atoms with van der Waals surface area (Å²) in [5.41, 5.74) is 6.13. The summed E-state index contributed by atoms with van der Waals surface area (Å²) in [4.78, 5) is 12.5. The Morgan fingerprint density at radius 2 is 1.82 bits per heavy atom. The van der Waals surface area contributed by atoms with Gasteiger partial charge < -0.3 is 15.6 Å². The number of carboxylic acid groups (broad SMARTS) is 1. The summed E-state index contributed by atoms with van der Waals surface area (Å²) >= 11 is 12.1. The summed E-state index contributed by atoms with van der Waals surface area (Å²) in [5.74, 6) is -3.14. The first kappa shape index (κ1) is 28.3. The molecule has 1 aliphatic rings. The molecular formula is C29H30Cl2F2N2O3. The van der Waals surface area contributed by atoms with E-state index < -0.39 is 46.6 Å². The molecule has 0 radical (unpaired) electrons. The average Bonchev–Trinajstić information content (AvgIpc) is 3.13. The van der Waals surface area contributed by atoms with Crippen molar-refractivity contribution in [2.45, 2.75) is 50.2 Å². The number of benzene rings is 3. The third-order valence-corrected chi connectivity index (χ3v) is 7.91. The van der Waals surface area contributed by atoms with Crippen molar-refractivity contribution in [1.82, 2.24) is 5.32 Å². The molecule has 3 aromatic rings. The standard InChI is InChI=1S/C29H30Cl2F2N2O3/c1-28(2,14-16-7-10-18(38-3)11-8-16)15-23-29(34,20-12-9-17(30)13-22(20)32)24(26(35-23)27(36)37)19-5-4-6-21(31)25(19)33/h4-13,23-24,26,35H,14-15,34H2,1-3H3,(H,36,37)/t23-,24-,26+,29+/m0/s1. The average molecular weight is 563 g/mol. The molecule has 4 N–H and O–H groups in total. The summed E-state index contributed by atoms with van der Waals surface area (Å²) in [6.45, 7) is 4.06. The number of nitrogens with two attached hydrogens (primary N) is 1. The first-order valence-electron chi connectivity index (χ1n) is 12.2. The Morgan fingerprint density at radius 1 is 1.13 bits per heavy atom. The van der Waals surface area contributed by atoms with Crippen LogP contribution in [0.2, 0.25) is 10.0 Å². The van der Waals surface area contributed by atoms with Crippen LogP contribution in [-0.2, 0) is 16.8 Å². The fourth-order valence-corrected chi connectivity index (χ4v) is 6.04. The number of hydrogen-bond donors (Lipinski definition) is 3. The second-order valence-corrected chi connectivity index (χ2v) is 11.4. The van der Waals surface area contributed by atoms with Crippen LogP contribution >= 0.6 is 23.2 Å². The molecule has 38 heavy (non-hydrogen) atoms. The van der Waals surface area contributed by atoms with Crippen LogP contribution in [0.1, 0.15) is 42.9 Å². The maximum Gasteiger partial charge on any atom is 0.321 e. The van der Waals surface area contributed by atoms with Crippen molar-refractivity contribution in [2.24, 2.45) is 11.1 Å². The molecule has 0 amide bonds. The SMILES string of the molecule is COc1ccc(CC(C)(C)C[C@@H]2N[C@@H](C(=O)O)[C@H](c3cccc(Cl)c3F)[C@@]2(N)c2ccc(Cl)cc2F)cc1. The fourth-order valence-electron chi connectivity index (χ4n) is 5.70. The Balaban J connectivity index is 1.82. The molecule has 1 aliphatic heterocycles. The summed E-state index contributed by atoms with van der Waals surface area (Å²) in [5, 5.41) is 13.3. The minimum absolute atomic E-state index is 0.00436. The zero-order valence-electron chi connectivity index (χ0n) is 21.3. The van der Waals surface area contributed by atoms with E-state index in [0.29, 0.717) is 12.8 Å². The van der Waals surface area contributed by atoms with Gasteiger partial charge in [0, 0.05) is 22.5 Å². The third kappa shape index (κ3) is 5.38. The van der Waals surface area contributed by atoms with Crippen LogP contribution in [0.15, 0.2) is 60.7 Å². The topological polar surface area (TPSA) is 84.6 Å². The van der Waals surface area contributed by atoms with E-state index in [4.69, 9.17) is 33.7 Å². The monoisotopic (exact) mass is 562 g/mol. The summed E-state index contributed by atoms with van der Waals surface area (Å²) in [6, 6.07) is 14.0. The van der Waals surface area contributed by atoms with E-state index >= 15 is 8.78 Å². The van der Waals surface area contributed by atoms with E-state index in [2.05, 4.69) is 5.32 Å². The maximum absolute atomic E-state index is 15.5. The van der Waals surface area contributed by atoms with Crippen LogP contribution in [-0.4, -0.2) is 30.3 Å². The van der Waals surface area contributed by atoms with Crippen molar-refractivity contribution in [1.29, 1.82) is 0 Å². The zero-order chi connectivity index (χ0) is 27.8. The summed E-state index contributed by atoms with van der Waals surface area (Å²) in [6.07, 6.45) is 0.988. The van der Waals surface area contributed by atoms with Gasteiger partial charge in [-0.25, -0.2) is 8.78 Å². The molecule has 1 fully saturated rings. The molecule has 0 spiro atoms. The quantitative estimate of drug-likeness (QED) is 0.300. The Kier molecular flexibility index (Phi) is 8.05. The second kappa shape index (κ2) is 10.8. The van der Waals surface area contributed by atoms with Gasteiger partial charge in [-0.3, -0.25) is 10.1 Å². The number of nitrogens with one attached hydrogen (secondary N) is 1. The lowest BCUT2D eigenvalue weighted by molar-refractivity contribution is -0.139. The van der Waals surface area contributed by atoms with E-state index in [9.17, 15) is 9.90 Å². The van der Waals surface area contributed by atoms with Gasteiger partial charge >= 0.3 is 5.97 Å². The molecule has 1 saturated heterocycles. The van der Waals surface area contributed by atoms with Gasteiger partial charge in [0.25, 0.3) is 0 Å². The predicted molar refractivity (Wildman–Crippen MR) is 145 cm³/mol. The van der Waals surface area contributed by atoms with E-state index in [1.54, 1.807) is 7.11 Å². The van der Waals surface area contributed by atoms with Crippen molar-refractivity contribution in [3.8, 4) is 5.75 Å². The lowest BCUT2D eigenvalue weighted by atomic mass is 9.67. The van der Waals surface area contributed by atoms with Gasteiger partial charge in [-0.05, 0) is 59.7 Å². The van der Waals surface area contributed by atoms with Gasteiger partial charge in [-0.15, -0.1) is 0 Å². The van der Waals surface area contributed by atoms with Gasteiger partial charge in [0.05, 0.1) is 17.7 Å². The Bertz CT molecular complexity index is 1340. The Hall–Kier alpha value is -2.71. The van der Waals surface area contributed by atoms with Crippen LogP contribution < -0.4 is 15.8 Å². The number of methoxy groups -OCH3 is 1. The number of carboxylic acids is 1. The lowest BCUT2D eigenvalue weighted by Crippen LogP contribution is -2.52. The van der Waals surface area contributed by atoms with Crippen LogP contribution in [0.3, 0.4) is 0 Å². The molecule has 0 aliphatic carbocycles. The number of ether oxygens (including phenoxy) is 1. The first-order valence-corrected chi connectivity index (χ1v) is 12.9. The van der Waals surface area contributed by atoms with Gasteiger partial charge in [0.1, 0.15) is 23.4 Å². The molecule has 1 heterocycles. The van der Waals surface area contributed by atoms with E-state index in [0.717, 1.165) is 17.4 Å². The van der Waals surface area contributed by atoms with E-state index in [-0.39, 0.29) is 21.2 Å². The smallest absolute Gasteiger partial charge is 0.321 e. The van der Waals surface area contributed by atoms with Crippen molar-refractivity contribution in [3.63, 3.8) is 0 Å². The van der Waals surface area contributed by atoms with E-state index in [1.165, 1.54) is 30.3 Å². The molecule has 0 saturated carbocycles. The fraction of sp³-hybridized carbons (Fsp3) is 0.345. The van der Waals surface area contributed by atoms with Crippen LogP contribution in [0.4, 0.5) is 8.78 Å². The zero-order valence-corrected chi connectivity index (χ0v) is 22.8. The lowest BCUT2D eigenvalue weighted by Gasteiger charge is -2.40. The Morgan fingerprint density at radius 3 is 2.42 bits per heavy atom. The summed E-state index contributed by atoms with van der Waals surface area (Å²) < 4.78 is 36.1. The van der Waals surface area contributed by atoms with Crippen LogP contribution in [0.25, 0.3) is 0 Å². The van der Waals surface area contributed by atoms with Gasteiger partial charge in [-0.2, -0.15) is 0 Å². The van der Waals surface area contributed by atoms with Gasteiger partial charge in [-0.1, -0.05) is 67.4 Å². The number of carbonyl (C=O) groups is 1. The predicted octanol–water partition coefficient (Wildman–Crippen LogP) is 6.30. The molecule has 3 aromatic carbocycles. The minimum atomic E-state index is -1.65. The molecule has 202 valence electrons. The third-order valence-electron chi connectivity index (χ3n) is 7.38.